The Morgan fingerprint density at radius 3 is 3.21 bits per heavy atom. The number of nitrogens with zero attached hydrogens (tertiary/aromatic N) is 5. The molecule has 0 atom stereocenters. The summed E-state index contributed by atoms with van der Waals surface area (Å²) in [6.07, 6.45) is 5.97. The zero-order chi connectivity index (χ0) is 16.8. The first-order valence-corrected chi connectivity index (χ1v) is 7.08. The van der Waals surface area contributed by atoms with Crippen LogP contribution in [0.2, 0.25) is 0 Å². The summed E-state index contributed by atoms with van der Waals surface area (Å²) < 4.78 is 6.62. The summed E-state index contributed by atoms with van der Waals surface area (Å²) in [6.45, 7) is 0.0471. The Morgan fingerprint density at radius 1 is 1.50 bits per heavy atom. The number of hydrogen-bond donors (Lipinski definition) is 2. The van der Waals surface area contributed by atoms with Crippen molar-refractivity contribution < 1.29 is 9.53 Å². The normalized spacial score (nSPS) is 10.9. The van der Waals surface area contributed by atoms with Gasteiger partial charge in [0.1, 0.15) is 24.9 Å². The second-order valence-corrected chi connectivity index (χ2v) is 4.82. The molecule has 2 heterocycles. The van der Waals surface area contributed by atoms with Crippen LogP contribution in [0.5, 0.6) is 5.75 Å². The van der Waals surface area contributed by atoms with Crippen LogP contribution in [0.4, 0.5) is 0 Å². The van der Waals surface area contributed by atoms with Gasteiger partial charge in [-0.15, -0.1) is 0 Å². The first-order valence-electron chi connectivity index (χ1n) is 7.08. The highest BCUT2D eigenvalue weighted by atomic mass is 16.5. The molecule has 0 unspecified atom stereocenters. The van der Waals surface area contributed by atoms with Gasteiger partial charge in [0.15, 0.2) is 0 Å². The molecular weight excluding hydrogens is 310 g/mol. The van der Waals surface area contributed by atoms with E-state index in [1.807, 2.05) is 24.3 Å². The standard InChI is InChI=1S/C15H15N7O2/c1-24-13-4-2-3-11(5-13)15-12(7-18-21-15)6-17-20-14(23)8-22-10-16-9-19-22/h2-7,9-10H,8H2,1H3,(H,18,21)(H,20,23)/b17-6-. The van der Waals surface area contributed by atoms with E-state index in [0.29, 0.717) is 0 Å². The van der Waals surface area contributed by atoms with E-state index in [2.05, 4.69) is 30.8 Å². The van der Waals surface area contributed by atoms with Gasteiger partial charge in [0.25, 0.3) is 5.91 Å². The van der Waals surface area contributed by atoms with Crippen molar-refractivity contribution in [1.29, 1.82) is 0 Å². The van der Waals surface area contributed by atoms with Crippen molar-refractivity contribution in [2.75, 3.05) is 7.11 Å². The molecule has 0 aliphatic rings. The number of nitrogens with one attached hydrogen (secondary N) is 2. The third-order valence-electron chi connectivity index (χ3n) is 3.19. The topological polar surface area (TPSA) is 110 Å². The van der Waals surface area contributed by atoms with E-state index in [4.69, 9.17) is 4.74 Å². The van der Waals surface area contributed by atoms with Crippen LogP contribution in [0.15, 0.2) is 48.2 Å². The quantitative estimate of drug-likeness (QED) is 0.515. The maximum absolute atomic E-state index is 11.7. The lowest BCUT2D eigenvalue weighted by molar-refractivity contribution is -0.121. The fourth-order valence-electron chi connectivity index (χ4n) is 2.07. The summed E-state index contributed by atoms with van der Waals surface area (Å²) in [6, 6.07) is 7.55. The largest absolute Gasteiger partial charge is 0.497 e. The summed E-state index contributed by atoms with van der Waals surface area (Å²) in [5.74, 6) is 0.439. The third kappa shape index (κ3) is 3.64. The molecule has 2 aromatic heterocycles. The number of rotatable bonds is 6. The zero-order valence-corrected chi connectivity index (χ0v) is 12.9. The molecular formula is C15H15N7O2. The molecule has 24 heavy (non-hydrogen) atoms. The van der Waals surface area contributed by atoms with Crippen LogP contribution in [0.25, 0.3) is 11.3 Å². The molecule has 122 valence electrons. The Hall–Kier alpha value is -3.49. The Kier molecular flexibility index (Phi) is 4.61. The molecule has 0 fully saturated rings. The Balaban J connectivity index is 1.67. The Bertz CT molecular complexity index is 839. The molecule has 0 aliphatic carbocycles. The maximum atomic E-state index is 11.7. The molecule has 9 nitrogen and oxygen atoms in total. The van der Waals surface area contributed by atoms with E-state index in [1.54, 1.807) is 13.3 Å². The van der Waals surface area contributed by atoms with Gasteiger partial charge in [-0.1, -0.05) is 12.1 Å². The van der Waals surface area contributed by atoms with Gasteiger partial charge in [-0.05, 0) is 12.1 Å². The van der Waals surface area contributed by atoms with Gasteiger partial charge < -0.3 is 4.74 Å². The van der Waals surface area contributed by atoms with Crippen molar-refractivity contribution >= 4 is 12.1 Å². The van der Waals surface area contributed by atoms with E-state index in [-0.39, 0.29) is 12.5 Å². The van der Waals surface area contributed by atoms with E-state index in [0.717, 1.165) is 22.6 Å². The molecule has 2 N–H and O–H groups in total. The van der Waals surface area contributed by atoms with Crippen LogP contribution in [0, 0.1) is 0 Å². The van der Waals surface area contributed by atoms with Gasteiger partial charge in [-0.3, -0.25) is 9.89 Å². The molecule has 0 bridgehead atoms. The summed E-state index contributed by atoms with van der Waals surface area (Å²) in [5, 5.41) is 14.7. The molecule has 0 saturated carbocycles. The Labute approximate surface area is 137 Å². The number of methoxy groups -OCH3 is 1. The fraction of sp³-hybridized carbons (Fsp3) is 0.133. The van der Waals surface area contributed by atoms with Crippen molar-refractivity contribution in [3.05, 3.63) is 48.7 Å². The van der Waals surface area contributed by atoms with Crippen LogP contribution in [0.1, 0.15) is 5.56 Å². The van der Waals surface area contributed by atoms with Crippen molar-refractivity contribution in [2.24, 2.45) is 5.10 Å². The summed E-state index contributed by atoms with van der Waals surface area (Å²) >= 11 is 0. The predicted molar refractivity (Wildman–Crippen MR) is 86.3 cm³/mol. The van der Waals surface area contributed by atoms with E-state index in [9.17, 15) is 4.79 Å². The van der Waals surface area contributed by atoms with Crippen molar-refractivity contribution in [3.8, 4) is 17.0 Å². The SMILES string of the molecule is COc1cccc(-c2[nH]ncc2/C=N\NC(=O)Cn2cncn2)c1. The molecule has 0 saturated heterocycles. The lowest BCUT2D eigenvalue weighted by Crippen LogP contribution is -2.23. The average Bonchev–Trinajstić information content (AvgIpc) is 3.26. The maximum Gasteiger partial charge on any atom is 0.261 e. The first kappa shape index (κ1) is 15.4. The molecule has 0 spiro atoms. The number of hydrazone groups is 1. The molecule has 0 aliphatic heterocycles. The molecule has 9 heteroatoms. The van der Waals surface area contributed by atoms with E-state index >= 15 is 0 Å². The van der Waals surface area contributed by atoms with Gasteiger partial charge >= 0.3 is 0 Å². The summed E-state index contributed by atoms with van der Waals surface area (Å²) in [4.78, 5) is 15.5. The van der Waals surface area contributed by atoms with Gasteiger partial charge in [0, 0.05) is 11.1 Å². The minimum absolute atomic E-state index is 0.0471. The zero-order valence-electron chi connectivity index (χ0n) is 12.9. The number of aromatic nitrogens is 5. The third-order valence-corrected chi connectivity index (χ3v) is 3.19. The van der Waals surface area contributed by atoms with Gasteiger partial charge in [0.05, 0.1) is 25.2 Å². The number of amides is 1. The number of H-pyrrole nitrogens is 1. The van der Waals surface area contributed by atoms with Crippen molar-refractivity contribution in [2.45, 2.75) is 6.54 Å². The van der Waals surface area contributed by atoms with Crippen LogP contribution in [-0.4, -0.2) is 44.2 Å². The summed E-state index contributed by atoms with van der Waals surface area (Å²) in [5.41, 5.74) is 4.86. The fourth-order valence-corrected chi connectivity index (χ4v) is 2.07. The lowest BCUT2D eigenvalue weighted by atomic mass is 10.1. The van der Waals surface area contributed by atoms with Gasteiger partial charge in [-0.2, -0.15) is 15.3 Å². The number of benzene rings is 1. The number of ether oxygens (including phenoxy) is 1. The second kappa shape index (κ2) is 7.18. The minimum Gasteiger partial charge on any atom is -0.497 e. The van der Waals surface area contributed by atoms with Crippen LogP contribution >= 0.6 is 0 Å². The number of hydrogen-bond acceptors (Lipinski definition) is 6. The number of carbonyl (C=O) groups excluding carboxylic acids is 1. The molecule has 0 radical (unpaired) electrons. The highest BCUT2D eigenvalue weighted by Gasteiger charge is 2.07. The number of carbonyl (C=O) groups is 1. The highest BCUT2D eigenvalue weighted by Crippen LogP contribution is 2.23. The molecule has 3 aromatic rings. The Morgan fingerprint density at radius 2 is 2.42 bits per heavy atom. The molecule has 3 rings (SSSR count). The number of aromatic amines is 1. The molecule has 1 amide bonds. The van der Waals surface area contributed by atoms with Crippen LogP contribution < -0.4 is 10.2 Å². The van der Waals surface area contributed by atoms with Gasteiger partial charge in [-0.25, -0.2) is 15.1 Å². The average molecular weight is 325 g/mol. The second-order valence-electron chi connectivity index (χ2n) is 4.82. The first-order chi connectivity index (χ1) is 11.8. The van der Waals surface area contributed by atoms with E-state index < -0.39 is 0 Å². The monoisotopic (exact) mass is 325 g/mol. The highest BCUT2D eigenvalue weighted by molar-refractivity contribution is 5.89. The smallest absolute Gasteiger partial charge is 0.261 e. The van der Waals surface area contributed by atoms with Crippen LogP contribution in [-0.2, 0) is 11.3 Å². The van der Waals surface area contributed by atoms with Crippen molar-refractivity contribution in [3.63, 3.8) is 0 Å². The van der Waals surface area contributed by atoms with Gasteiger partial charge in [0.2, 0.25) is 0 Å². The lowest BCUT2D eigenvalue weighted by Gasteiger charge is -2.03. The van der Waals surface area contributed by atoms with Crippen LogP contribution in [0.3, 0.4) is 0 Å². The summed E-state index contributed by atoms with van der Waals surface area (Å²) in [7, 11) is 1.61. The minimum atomic E-state index is -0.303. The van der Waals surface area contributed by atoms with E-state index in [1.165, 1.54) is 23.6 Å². The predicted octanol–water partition coefficient (Wildman–Crippen LogP) is 0.827. The van der Waals surface area contributed by atoms with Crippen molar-refractivity contribution in [1.82, 2.24) is 30.4 Å². The molecule has 1 aromatic carbocycles.